The van der Waals surface area contributed by atoms with Crippen molar-refractivity contribution in [3.05, 3.63) is 51.5 Å². The van der Waals surface area contributed by atoms with Gasteiger partial charge in [0.15, 0.2) is 0 Å². The topological polar surface area (TPSA) is 103 Å². The number of aryl methyl sites for hydroxylation is 3. The normalized spacial score (nSPS) is 11.0. The monoisotopic (exact) mass is 318 g/mol. The van der Waals surface area contributed by atoms with Crippen LogP contribution in [0, 0.1) is 24.0 Å². The molecule has 2 heterocycles. The van der Waals surface area contributed by atoms with Crippen molar-refractivity contribution in [2.24, 2.45) is 0 Å². The van der Waals surface area contributed by atoms with E-state index in [2.05, 4.69) is 10.4 Å². The first-order valence-electron chi connectivity index (χ1n) is 7.17. The molecule has 0 saturated carbocycles. The maximum absolute atomic E-state index is 11.6. The van der Waals surface area contributed by atoms with Crippen molar-refractivity contribution in [1.82, 2.24) is 15.1 Å². The van der Waals surface area contributed by atoms with Crippen LogP contribution in [-0.2, 0) is 11.3 Å². The number of furan rings is 1. The lowest BCUT2D eigenvalue weighted by Crippen LogP contribution is -2.23. The van der Waals surface area contributed by atoms with Gasteiger partial charge in [0.25, 0.3) is 0 Å². The zero-order chi connectivity index (χ0) is 16.8. The Morgan fingerprint density at radius 3 is 2.87 bits per heavy atom. The highest BCUT2D eigenvalue weighted by molar-refractivity contribution is 5.91. The van der Waals surface area contributed by atoms with Gasteiger partial charge in [0, 0.05) is 24.9 Å². The van der Waals surface area contributed by atoms with E-state index in [1.165, 1.54) is 24.3 Å². The van der Waals surface area contributed by atoms with Crippen LogP contribution in [0.25, 0.3) is 6.08 Å². The molecule has 23 heavy (non-hydrogen) atoms. The first kappa shape index (κ1) is 16.5. The van der Waals surface area contributed by atoms with E-state index in [1.807, 2.05) is 24.6 Å². The third kappa shape index (κ3) is 4.80. The number of nitrogens with zero attached hydrogens (tertiary/aromatic N) is 3. The summed E-state index contributed by atoms with van der Waals surface area (Å²) in [6.07, 6.45) is 3.43. The summed E-state index contributed by atoms with van der Waals surface area (Å²) in [4.78, 5) is 21.5. The van der Waals surface area contributed by atoms with Gasteiger partial charge in [0.05, 0.1) is 11.8 Å². The Balaban J connectivity index is 1.73. The number of nitrogens with one attached hydrogen (secondary N) is 1. The zero-order valence-electron chi connectivity index (χ0n) is 13.0. The molecule has 0 aliphatic rings. The maximum Gasteiger partial charge on any atom is 0.433 e. The van der Waals surface area contributed by atoms with Crippen LogP contribution < -0.4 is 5.32 Å². The molecule has 2 aromatic rings. The van der Waals surface area contributed by atoms with Crippen molar-refractivity contribution >= 4 is 17.9 Å². The number of carbonyl (C=O) groups is 1. The average Bonchev–Trinajstić information content (AvgIpc) is 3.08. The number of hydrogen-bond donors (Lipinski definition) is 1. The summed E-state index contributed by atoms with van der Waals surface area (Å²) in [5.41, 5.74) is 2.06. The van der Waals surface area contributed by atoms with Crippen molar-refractivity contribution in [3.63, 3.8) is 0 Å². The highest BCUT2D eigenvalue weighted by Crippen LogP contribution is 2.16. The summed E-state index contributed by atoms with van der Waals surface area (Å²) in [7, 11) is 0. The molecule has 0 radical (unpaired) electrons. The molecule has 8 heteroatoms. The van der Waals surface area contributed by atoms with Gasteiger partial charge in [-0.2, -0.15) is 5.10 Å². The van der Waals surface area contributed by atoms with Crippen LogP contribution in [0.3, 0.4) is 0 Å². The second-order valence-electron chi connectivity index (χ2n) is 5.06. The number of nitro groups is 1. The highest BCUT2D eigenvalue weighted by atomic mass is 16.6. The van der Waals surface area contributed by atoms with Gasteiger partial charge < -0.3 is 9.73 Å². The fourth-order valence-electron chi connectivity index (χ4n) is 2.09. The van der Waals surface area contributed by atoms with Gasteiger partial charge in [0.1, 0.15) is 10.7 Å². The van der Waals surface area contributed by atoms with Gasteiger partial charge in [0.2, 0.25) is 5.91 Å². The van der Waals surface area contributed by atoms with Crippen LogP contribution in [0.2, 0.25) is 0 Å². The highest BCUT2D eigenvalue weighted by Gasteiger charge is 2.10. The number of hydrogen-bond acceptors (Lipinski definition) is 5. The lowest BCUT2D eigenvalue weighted by atomic mass is 10.3. The number of aromatic nitrogens is 2. The Kier molecular flexibility index (Phi) is 5.29. The molecule has 2 rings (SSSR count). The second-order valence-corrected chi connectivity index (χ2v) is 5.06. The fourth-order valence-corrected chi connectivity index (χ4v) is 2.09. The number of carbonyl (C=O) groups excluding carboxylic acids is 1. The minimum Gasteiger partial charge on any atom is -0.401 e. The predicted octanol–water partition coefficient (Wildman–Crippen LogP) is 2.22. The van der Waals surface area contributed by atoms with Crippen LogP contribution in [0.4, 0.5) is 5.88 Å². The summed E-state index contributed by atoms with van der Waals surface area (Å²) in [5, 5.41) is 17.5. The van der Waals surface area contributed by atoms with E-state index in [0.717, 1.165) is 24.4 Å². The summed E-state index contributed by atoms with van der Waals surface area (Å²) in [6.45, 7) is 5.17. The molecule has 1 amide bonds. The molecule has 0 aliphatic heterocycles. The first-order valence-corrected chi connectivity index (χ1v) is 7.17. The molecule has 122 valence electrons. The Morgan fingerprint density at radius 1 is 1.48 bits per heavy atom. The van der Waals surface area contributed by atoms with Gasteiger partial charge in [-0.05, 0) is 38.5 Å². The van der Waals surface area contributed by atoms with Crippen molar-refractivity contribution in [1.29, 1.82) is 0 Å². The van der Waals surface area contributed by atoms with Crippen molar-refractivity contribution in [2.45, 2.75) is 26.8 Å². The van der Waals surface area contributed by atoms with Crippen molar-refractivity contribution in [3.8, 4) is 0 Å². The zero-order valence-corrected chi connectivity index (χ0v) is 13.0. The molecule has 0 aromatic carbocycles. The molecule has 0 fully saturated rings. The standard InChI is InChI=1S/C15H18N4O4/c1-11-10-12(2)18(17-11)9-3-8-16-14(20)6-4-13-5-7-15(23-13)19(21)22/h4-7,10H,3,8-9H2,1-2H3,(H,16,20)/b6-4+. The summed E-state index contributed by atoms with van der Waals surface area (Å²) in [5.74, 6) is -0.373. The van der Waals surface area contributed by atoms with Crippen LogP contribution >= 0.6 is 0 Å². The average molecular weight is 318 g/mol. The Morgan fingerprint density at radius 2 is 2.26 bits per heavy atom. The Bertz CT molecular complexity index is 730. The fraction of sp³-hybridized carbons (Fsp3) is 0.333. The number of rotatable bonds is 7. The second kappa shape index (κ2) is 7.39. The van der Waals surface area contributed by atoms with E-state index in [9.17, 15) is 14.9 Å². The Labute approximate surface area is 132 Å². The summed E-state index contributed by atoms with van der Waals surface area (Å²) in [6, 6.07) is 4.68. The molecular formula is C15H18N4O4. The van der Waals surface area contributed by atoms with Gasteiger partial charge >= 0.3 is 5.88 Å². The third-order valence-electron chi connectivity index (χ3n) is 3.14. The number of amides is 1. The van der Waals surface area contributed by atoms with Crippen LogP contribution in [-0.4, -0.2) is 27.2 Å². The van der Waals surface area contributed by atoms with E-state index in [0.29, 0.717) is 6.54 Å². The summed E-state index contributed by atoms with van der Waals surface area (Å²) < 4.78 is 6.82. The molecule has 0 saturated heterocycles. The van der Waals surface area contributed by atoms with E-state index in [4.69, 9.17) is 4.42 Å². The molecule has 0 atom stereocenters. The molecule has 0 bridgehead atoms. The lowest BCUT2D eigenvalue weighted by molar-refractivity contribution is -0.402. The SMILES string of the molecule is Cc1cc(C)n(CCCNC(=O)/C=C/c2ccc([N+](=O)[O-])o2)n1. The largest absolute Gasteiger partial charge is 0.433 e. The molecule has 0 aliphatic carbocycles. The minimum absolute atomic E-state index is 0.259. The van der Waals surface area contributed by atoms with Crippen LogP contribution in [0.5, 0.6) is 0 Å². The van der Waals surface area contributed by atoms with Crippen LogP contribution in [0.15, 0.2) is 28.7 Å². The van der Waals surface area contributed by atoms with E-state index < -0.39 is 4.92 Å². The van der Waals surface area contributed by atoms with Crippen LogP contribution in [0.1, 0.15) is 23.6 Å². The summed E-state index contributed by atoms with van der Waals surface area (Å²) >= 11 is 0. The Hall–Kier alpha value is -2.90. The molecule has 1 N–H and O–H groups in total. The quantitative estimate of drug-likeness (QED) is 0.365. The van der Waals surface area contributed by atoms with E-state index in [1.54, 1.807) is 0 Å². The van der Waals surface area contributed by atoms with E-state index in [-0.39, 0.29) is 17.6 Å². The molecule has 8 nitrogen and oxygen atoms in total. The van der Waals surface area contributed by atoms with Gasteiger partial charge in [-0.15, -0.1) is 0 Å². The van der Waals surface area contributed by atoms with Crippen molar-refractivity contribution in [2.75, 3.05) is 6.54 Å². The van der Waals surface area contributed by atoms with Gasteiger partial charge in [-0.3, -0.25) is 19.6 Å². The first-order chi connectivity index (χ1) is 11.0. The van der Waals surface area contributed by atoms with Gasteiger partial charge in [-0.1, -0.05) is 0 Å². The smallest absolute Gasteiger partial charge is 0.401 e. The molecule has 0 unspecified atom stereocenters. The lowest BCUT2D eigenvalue weighted by Gasteiger charge is -2.04. The van der Waals surface area contributed by atoms with Gasteiger partial charge in [-0.25, -0.2) is 0 Å². The van der Waals surface area contributed by atoms with E-state index >= 15 is 0 Å². The molecular weight excluding hydrogens is 300 g/mol. The molecule has 2 aromatic heterocycles. The third-order valence-corrected chi connectivity index (χ3v) is 3.14. The minimum atomic E-state index is -0.629. The predicted molar refractivity (Wildman–Crippen MR) is 83.7 cm³/mol. The molecule has 0 spiro atoms. The maximum atomic E-state index is 11.6. The van der Waals surface area contributed by atoms with Crippen molar-refractivity contribution < 1.29 is 14.1 Å².